The number of nitriles is 1. The number of esters is 1. The molecule has 1 saturated carbocycles. The molecule has 0 aromatic carbocycles. The minimum absolute atomic E-state index is 0.0818. The Labute approximate surface area is 128 Å². The van der Waals surface area contributed by atoms with Crippen LogP contribution in [0.4, 0.5) is 4.79 Å². The number of amides is 3. The summed E-state index contributed by atoms with van der Waals surface area (Å²) in [7, 11) is 0. The standard InChI is InChI=1S/C15H17N3O4/c1-4-9(6-16)5-10-12(15(10,2)3)13(20)22-8-18-11(19)7-17-14(18)21/h4-5,10,12H,1,7-8H2,2-3H3,(H,17,21)/b9-5-/t10-,12+/m1/s1. The molecule has 1 saturated heterocycles. The summed E-state index contributed by atoms with van der Waals surface area (Å²) >= 11 is 0. The number of imide groups is 1. The zero-order valence-corrected chi connectivity index (χ0v) is 12.5. The molecule has 2 fully saturated rings. The first-order valence-electron chi connectivity index (χ1n) is 6.82. The lowest BCUT2D eigenvalue weighted by Crippen LogP contribution is -2.34. The molecule has 0 spiro atoms. The Bertz CT molecular complexity index is 599. The van der Waals surface area contributed by atoms with Crippen molar-refractivity contribution in [2.45, 2.75) is 13.8 Å². The van der Waals surface area contributed by atoms with Crippen LogP contribution in [-0.2, 0) is 14.3 Å². The molecule has 1 aliphatic carbocycles. The maximum atomic E-state index is 12.1. The van der Waals surface area contributed by atoms with Crippen LogP contribution in [-0.4, -0.2) is 36.1 Å². The summed E-state index contributed by atoms with van der Waals surface area (Å²) in [5.41, 5.74) is 0.0712. The Kier molecular flexibility index (Phi) is 4.04. The smallest absolute Gasteiger partial charge is 0.327 e. The number of carbonyl (C=O) groups is 3. The lowest BCUT2D eigenvalue weighted by Gasteiger charge is -2.12. The van der Waals surface area contributed by atoms with Crippen LogP contribution in [0.5, 0.6) is 0 Å². The quantitative estimate of drug-likeness (QED) is 0.353. The monoisotopic (exact) mass is 303 g/mol. The highest BCUT2D eigenvalue weighted by Crippen LogP contribution is 2.59. The Morgan fingerprint density at radius 1 is 1.59 bits per heavy atom. The second-order valence-corrected chi connectivity index (χ2v) is 5.84. The highest BCUT2D eigenvalue weighted by atomic mass is 16.5. The number of carbonyl (C=O) groups excluding carboxylic acids is 3. The molecule has 0 aromatic rings. The topological polar surface area (TPSA) is 99.5 Å². The average Bonchev–Trinajstić information content (AvgIpc) is 2.86. The van der Waals surface area contributed by atoms with Crippen LogP contribution < -0.4 is 5.32 Å². The third kappa shape index (κ3) is 2.72. The summed E-state index contributed by atoms with van der Waals surface area (Å²) in [6.07, 6.45) is 3.14. The van der Waals surface area contributed by atoms with E-state index < -0.39 is 23.8 Å². The first kappa shape index (κ1) is 15.8. The van der Waals surface area contributed by atoms with Crippen molar-refractivity contribution in [2.75, 3.05) is 13.3 Å². The number of hydrogen-bond acceptors (Lipinski definition) is 5. The number of nitrogens with zero attached hydrogens (tertiary/aromatic N) is 2. The van der Waals surface area contributed by atoms with Crippen molar-refractivity contribution in [1.82, 2.24) is 10.2 Å². The zero-order valence-electron chi connectivity index (χ0n) is 12.5. The van der Waals surface area contributed by atoms with Crippen molar-refractivity contribution in [2.24, 2.45) is 17.3 Å². The normalized spacial score (nSPS) is 26.2. The Morgan fingerprint density at radius 2 is 2.27 bits per heavy atom. The molecule has 1 N–H and O–H groups in total. The first-order valence-corrected chi connectivity index (χ1v) is 6.82. The van der Waals surface area contributed by atoms with Crippen LogP contribution in [0.15, 0.2) is 24.3 Å². The molecule has 3 amide bonds. The molecule has 2 atom stereocenters. The van der Waals surface area contributed by atoms with E-state index in [0.717, 1.165) is 4.90 Å². The summed E-state index contributed by atoms with van der Waals surface area (Å²) in [6, 6.07) is 1.43. The summed E-state index contributed by atoms with van der Waals surface area (Å²) in [5, 5.41) is 11.3. The van der Waals surface area contributed by atoms with Gasteiger partial charge in [-0.3, -0.25) is 9.59 Å². The van der Waals surface area contributed by atoms with E-state index in [1.54, 1.807) is 6.08 Å². The lowest BCUT2D eigenvalue weighted by atomic mass is 10.1. The minimum atomic E-state index is -0.567. The number of nitrogens with one attached hydrogen (secondary N) is 1. The SMILES string of the molecule is C=C/C(C#N)=C/[C@@H]1[C@@H](C(=O)OCN2C(=O)CNC2=O)C1(C)C. The van der Waals surface area contributed by atoms with Gasteiger partial charge in [0.2, 0.25) is 0 Å². The van der Waals surface area contributed by atoms with Gasteiger partial charge in [-0.2, -0.15) is 5.26 Å². The molecule has 7 nitrogen and oxygen atoms in total. The molecular weight excluding hydrogens is 286 g/mol. The summed E-state index contributed by atoms with van der Waals surface area (Å²) in [4.78, 5) is 35.7. The Hall–Kier alpha value is -2.62. The Balaban J connectivity index is 1.97. The van der Waals surface area contributed by atoms with Crippen LogP contribution in [0.3, 0.4) is 0 Å². The van der Waals surface area contributed by atoms with Gasteiger partial charge in [0, 0.05) is 5.57 Å². The molecule has 0 aromatic heterocycles. The maximum absolute atomic E-state index is 12.1. The molecule has 0 bridgehead atoms. The van der Waals surface area contributed by atoms with E-state index in [1.807, 2.05) is 19.9 Å². The highest BCUT2D eigenvalue weighted by molar-refractivity contribution is 6.01. The second kappa shape index (κ2) is 5.64. The van der Waals surface area contributed by atoms with Crippen LogP contribution in [0.2, 0.25) is 0 Å². The first-order chi connectivity index (χ1) is 10.3. The van der Waals surface area contributed by atoms with E-state index >= 15 is 0 Å². The Morgan fingerprint density at radius 3 is 2.77 bits per heavy atom. The third-order valence-corrected chi connectivity index (χ3v) is 4.15. The predicted molar refractivity (Wildman–Crippen MR) is 75.9 cm³/mol. The molecule has 7 heteroatoms. The predicted octanol–water partition coefficient (Wildman–Crippen LogP) is 0.947. The molecule has 116 valence electrons. The van der Waals surface area contributed by atoms with E-state index in [1.165, 1.54) is 6.08 Å². The largest absolute Gasteiger partial charge is 0.443 e. The molecule has 22 heavy (non-hydrogen) atoms. The van der Waals surface area contributed by atoms with Gasteiger partial charge >= 0.3 is 12.0 Å². The second-order valence-electron chi connectivity index (χ2n) is 5.84. The molecule has 2 rings (SSSR count). The van der Waals surface area contributed by atoms with Gasteiger partial charge in [-0.25, -0.2) is 9.69 Å². The third-order valence-electron chi connectivity index (χ3n) is 4.15. The fourth-order valence-electron chi connectivity index (χ4n) is 2.59. The zero-order chi connectivity index (χ0) is 16.5. The van der Waals surface area contributed by atoms with Gasteiger partial charge in [0.15, 0.2) is 6.73 Å². The minimum Gasteiger partial charge on any atom is -0.443 e. The number of ether oxygens (including phenoxy) is 1. The van der Waals surface area contributed by atoms with E-state index in [0.29, 0.717) is 5.57 Å². The van der Waals surface area contributed by atoms with Gasteiger partial charge in [0.1, 0.15) is 0 Å². The van der Waals surface area contributed by atoms with Crippen LogP contribution in [0.1, 0.15) is 13.8 Å². The van der Waals surface area contributed by atoms with Crippen LogP contribution in [0.25, 0.3) is 0 Å². The fourth-order valence-corrected chi connectivity index (χ4v) is 2.59. The van der Waals surface area contributed by atoms with E-state index in [9.17, 15) is 14.4 Å². The maximum Gasteiger partial charge on any atom is 0.327 e. The lowest BCUT2D eigenvalue weighted by molar-refractivity contribution is -0.151. The highest BCUT2D eigenvalue weighted by Gasteiger charge is 2.61. The van der Waals surface area contributed by atoms with Gasteiger partial charge in [-0.15, -0.1) is 0 Å². The average molecular weight is 303 g/mol. The van der Waals surface area contributed by atoms with Gasteiger partial charge in [0.05, 0.1) is 18.5 Å². The number of urea groups is 1. The number of rotatable bonds is 5. The molecule has 0 radical (unpaired) electrons. The molecule has 2 aliphatic rings. The van der Waals surface area contributed by atoms with Crippen molar-refractivity contribution in [1.29, 1.82) is 5.26 Å². The molecular formula is C15H17N3O4. The molecule has 1 aliphatic heterocycles. The van der Waals surface area contributed by atoms with E-state index in [2.05, 4.69) is 11.9 Å². The van der Waals surface area contributed by atoms with Crippen LogP contribution >= 0.6 is 0 Å². The fraction of sp³-hybridized carbons (Fsp3) is 0.467. The summed E-state index contributed by atoms with van der Waals surface area (Å²) in [5.74, 6) is -1.45. The summed E-state index contributed by atoms with van der Waals surface area (Å²) in [6.45, 7) is 6.86. The van der Waals surface area contributed by atoms with Gasteiger partial charge in [-0.1, -0.05) is 32.6 Å². The van der Waals surface area contributed by atoms with Crippen molar-refractivity contribution in [3.8, 4) is 6.07 Å². The van der Waals surface area contributed by atoms with Crippen molar-refractivity contribution in [3.05, 3.63) is 24.3 Å². The van der Waals surface area contributed by atoms with Crippen LogP contribution in [0, 0.1) is 28.6 Å². The van der Waals surface area contributed by atoms with Crippen molar-refractivity contribution >= 4 is 17.9 Å². The summed E-state index contributed by atoms with van der Waals surface area (Å²) < 4.78 is 5.07. The van der Waals surface area contributed by atoms with E-state index in [-0.39, 0.29) is 24.6 Å². The molecule has 1 heterocycles. The van der Waals surface area contributed by atoms with Crippen molar-refractivity contribution < 1.29 is 19.1 Å². The van der Waals surface area contributed by atoms with Crippen molar-refractivity contribution in [3.63, 3.8) is 0 Å². The van der Waals surface area contributed by atoms with E-state index in [4.69, 9.17) is 10.00 Å². The van der Waals surface area contributed by atoms with Gasteiger partial charge < -0.3 is 10.1 Å². The number of hydrogen-bond donors (Lipinski definition) is 1. The number of allylic oxidation sites excluding steroid dienone is 3. The van der Waals surface area contributed by atoms with Gasteiger partial charge in [0.25, 0.3) is 5.91 Å². The molecule has 0 unspecified atom stereocenters. The van der Waals surface area contributed by atoms with Gasteiger partial charge in [-0.05, 0) is 11.3 Å².